The molecule has 19 heavy (non-hydrogen) atoms. The van der Waals surface area contributed by atoms with Gasteiger partial charge in [0.25, 0.3) is 0 Å². The number of benzene rings is 1. The fraction of sp³-hybridized carbons (Fsp3) is 0.250. The standard InChI is InChI=1S/C12H13ClN4O2/c1-18-11-15-10(16-12(17-11)19-2)14-7-8-4-3-5-9(13)6-8/h3-6H,7H2,1-2H3,(H,14,15,16,17). The van der Waals surface area contributed by atoms with Crippen molar-refractivity contribution >= 4 is 17.5 Å². The minimum atomic E-state index is 0.195. The molecule has 1 heterocycles. The maximum atomic E-state index is 5.91. The highest BCUT2D eigenvalue weighted by Gasteiger charge is 2.06. The van der Waals surface area contributed by atoms with E-state index in [4.69, 9.17) is 21.1 Å². The molecule has 7 heteroatoms. The summed E-state index contributed by atoms with van der Waals surface area (Å²) < 4.78 is 9.93. The zero-order valence-electron chi connectivity index (χ0n) is 10.6. The summed E-state index contributed by atoms with van der Waals surface area (Å²) in [5.41, 5.74) is 1.02. The van der Waals surface area contributed by atoms with E-state index in [0.717, 1.165) is 5.56 Å². The first-order valence-electron chi connectivity index (χ1n) is 5.53. The van der Waals surface area contributed by atoms with Crippen LogP contribution in [0.15, 0.2) is 24.3 Å². The van der Waals surface area contributed by atoms with Crippen LogP contribution in [0.3, 0.4) is 0 Å². The largest absolute Gasteiger partial charge is 0.467 e. The fourth-order valence-electron chi connectivity index (χ4n) is 1.43. The summed E-state index contributed by atoms with van der Waals surface area (Å²) in [6.07, 6.45) is 0. The molecule has 1 aromatic carbocycles. The van der Waals surface area contributed by atoms with E-state index in [1.54, 1.807) is 0 Å². The van der Waals surface area contributed by atoms with Gasteiger partial charge in [-0.3, -0.25) is 0 Å². The summed E-state index contributed by atoms with van der Waals surface area (Å²) in [4.78, 5) is 12.0. The normalized spacial score (nSPS) is 10.1. The number of ether oxygens (including phenoxy) is 2. The molecular formula is C12H13ClN4O2. The van der Waals surface area contributed by atoms with Crippen molar-refractivity contribution in [1.29, 1.82) is 0 Å². The van der Waals surface area contributed by atoms with Gasteiger partial charge in [0.1, 0.15) is 0 Å². The SMILES string of the molecule is COc1nc(NCc2cccc(Cl)c2)nc(OC)n1. The number of hydrogen-bond donors (Lipinski definition) is 1. The lowest BCUT2D eigenvalue weighted by atomic mass is 10.2. The molecule has 6 nitrogen and oxygen atoms in total. The predicted molar refractivity (Wildman–Crippen MR) is 71.7 cm³/mol. The third kappa shape index (κ3) is 3.69. The quantitative estimate of drug-likeness (QED) is 0.905. The van der Waals surface area contributed by atoms with Crippen LogP contribution >= 0.6 is 11.6 Å². The van der Waals surface area contributed by atoms with E-state index < -0.39 is 0 Å². The van der Waals surface area contributed by atoms with E-state index >= 15 is 0 Å². The van der Waals surface area contributed by atoms with Gasteiger partial charge in [-0.15, -0.1) is 4.98 Å². The van der Waals surface area contributed by atoms with Crippen molar-refractivity contribution < 1.29 is 9.47 Å². The highest BCUT2D eigenvalue weighted by atomic mass is 35.5. The Bertz CT molecular complexity index is 543. The Kier molecular flexibility index (Phi) is 4.35. The lowest BCUT2D eigenvalue weighted by molar-refractivity contribution is 0.341. The monoisotopic (exact) mass is 280 g/mol. The number of anilines is 1. The molecule has 0 amide bonds. The highest BCUT2D eigenvalue weighted by molar-refractivity contribution is 6.30. The summed E-state index contributed by atoms with van der Waals surface area (Å²) in [7, 11) is 2.96. The summed E-state index contributed by atoms with van der Waals surface area (Å²) in [6, 6.07) is 7.91. The lowest BCUT2D eigenvalue weighted by Crippen LogP contribution is -2.07. The number of nitrogens with one attached hydrogen (secondary N) is 1. The van der Waals surface area contributed by atoms with E-state index in [1.165, 1.54) is 14.2 Å². The third-order valence-electron chi connectivity index (χ3n) is 2.30. The number of rotatable bonds is 5. The fourth-order valence-corrected chi connectivity index (χ4v) is 1.64. The molecule has 1 aromatic heterocycles. The Morgan fingerprint density at radius 3 is 2.37 bits per heavy atom. The van der Waals surface area contributed by atoms with Crippen molar-refractivity contribution in [3.8, 4) is 12.0 Å². The minimum absolute atomic E-state index is 0.195. The van der Waals surface area contributed by atoms with Crippen LogP contribution in [0.5, 0.6) is 12.0 Å². The van der Waals surface area contributed by atoms with E-state index in [2.05, 4.69) is 20.3 Å². The molecule has 0 atom stereocenters. The number of aromatic nitrogens is 3. The summed E-state index contributed by atoms with van der Waals surface area (Å²) in [5, 5.41) is 3.74. The van der Waals surface area contributed by atoms with Crippen molar-refractivity contribution in [1.82, 2.24) is 15.0 Å². The van der Waals surface area contributed by atoms with Crippen LogP contribution in [-0.2, 0) is 6.54 Å². The number of hydrogen-bond acceptors (Lipinski definition) is 6. The van der Waals surface area contributed by atoms with Crippen LogP contribution in [0, 0.1) is 0 Å². The second-order valence-corrected chi connectivity index (χ2v) is 4.05. The first-order valence-corrected chi connectivity index (χ1v) is 5.91. The van der Waals surface area contributed by atoms with E-state index in [-0.39, 0.29) is 12.0 Å². The maximum absolute atomic E-state index is 5.91. The molecule has 0 bridgehead atoms. The first-order chi connectivity index (χ1) is 9.21. The number of nitrogens with zero attached hydrogens (tertiary/aromatic N) is 3. The molecule has 0 saturated carbocycles. The van der Waals surface area contributed by atoms with Crippen LogP contribution in [0.1, 0.15) is 5.56 Å². The van der Waals surface area contributed by atoms with Crippen LogP contribution in [-0.4, -0.2) is 29.2 Å². The van der Waals surface area contributed by atoms with Crippen molar-refractivity contribution in [2.45, 2.75) is 6.54 Å². The Hall–Kier alpha value is -2.08. The van der Waals surface area contributed by atoms with E-state index in [1.807, 2.05) is 24.3 Å². The maximum Gasteiger partial charge on any atom is 0.324 e. The molecule has 0 spiro atoms. The van der Waals surface area contributed by atoms with Gasteiger partial charge in [-0.25, -0.2) is 0 Å². The van der Waals surface area contributed by atoms with E-state index in [0.29, 0.717) is 17.5 Å². The third-order valence-corrected chi connectivity index (χ3v) is 2.53. The molecule has 0 aliphatic heterocycles. The molecule has 0 radical (unpaired) electrons. The molecule has 0 fully saturated rings. The average Bonchev–Trinajstić information content (AvgIpc) is 2.44. The molecular weight excluding hydrogens is 268 g/mol. The number of methoxy groups -OCH3 is 2. The van der Waals surface area contributed by atoms with Gasteiger partial charge in [-0.1, -0.05) is 23.7 Å². The summed E-state index contributed by atoms with van der Waals surface area (Å²) in [5.74, 6) is 0.378. The van der Waals surface area contributed by atoms with Gasteiger partial charge >= 0.3 is 12.0 Å². The van der Waals surface area contributed by atoms with Gasteiger partial charge in [-0.2, -0.15) is 9.97 Å². The molecule has 0 saturated heterocycles. The van der Waals surface area contributed by atoms with Crippen LogP contribution in [0.4, 0.5) is 5.95 Å². The Morgan fingerprint density at radius 2 is 1.79 bits per heavy atom. The summed E-state index contributed by atoms with van der Waals surface area (Å²) in [6.45, 7) is 0.539. The van der Waals surface area contributed by atoms with Gasteiger partial charge in [0.15, 0.2) is 0 Å². The predicted octanol–water partition coefficient (Wildman–Crippen LogP) is 2.15. The van der Waals surface area contributed by atoms with Crippen LogP contribution in [0.25, 0.3) is 0 Å². The molecule has 0 aliphatic carbocycles. The molecule has 0 unspecified atom stereocenters. The summed E-state index contributed by atoms with van der Waals surface area (Å²) >= 11 is 5.91. The van der Waals surface area contributed by atoms with Gasteiger partial charge in [-0.05, 0) is 17.7 Å². The molecule has 0 aliphatic rings. The topological polar surface area (TPSA) is 69.2 Å². The smallest absolute Gasteiger partial charge is 0.324 e. The minimum Gasteiger partial charge on any atom is -0.467 e. The Labute approximate surface area is 115 Å². The van der Waals surface area contributed by atoms with Crippen molar-refractivity contribution in [2.75, 3.05) is 19.5 Å². The Morgan fingerprint density at radius 1 is 1.11 bits per heavy atom. The van der Waals surface area contributed by atoms with Crippen molar-refractivity contribution in [3.05, 3.63) is 34.9 Å². The zero-order chi connectivity index (χ0) is 13.7. The zero-order valence-corrected chi connectivity index (χ0v) is 11.3. The first kappa shape index (κ1) is 13.4. The second kappa shape index (κ2) is 6.19. The lowest BCUT2D eigenvalue weighted by Gasteiger charge is -2.07. The number of halogens is 1. The van der Waals surface area contributed by atoms with Gasteiger partial charge in [0.05, 0.1) is 14.2 Å². The van der Waals surface area contributed by atoms with Gasteiger partial charge in [0, 0.05) is 11.6 Å². The van der Waals surface area contributed by atoms with Crippen LogP contribution in [0.2, 0.25) is 5.02 Å². The second-order valence-electron chi connectivity index (χ2n) is 3.62. The molecule has 100 valence electrons. The van der Waals surface area contributed by atoms with Crippen molar-refractivity contribution in [2.24, 2.45) is 0 Å². The molecule has 2 aromatic rings. The van der Waals surface area contributed by atoms with Gasteiger partial charge in [0.2, 0.25) is 5.95 Å². The van der Waals surface area contributed by atoms with Crippen LogP contribution < -0.4 is 14.8 Å². The highest BCUT2D eigenvalue weighted by Crippen LogP contribution is 2.14. The van der Waals surface area contributed by atoms with Gasteiger partial charge < -0.3 is 14.8 Å². The average molecular weight is 281 g/mol. The molecule has 2 rings (SSSR count). The molecule has 1 N–H and O–H groups in total. The Balaban J connectivity index is 2.10. The van der Waals surface area contributed by atoms with E-state index in [9.17, 15) is 0 Å². The van der Waals surface area contributed by atoms with Crippen molar-refractivity contribution in [3.63, 3.8) is 0 Å².